The second kappa shape index (κ2) is 6.06. The lowest BCUT2D eigenvalue weighted by Crippen LogP contribution is -2.01. The Morgan fingerprint density at radius 2 is 2.05 bits per heavy atom. The lowest BCUT2D eigenvalue weighted by molar-refractivity contribution is -0.385. The van der Waals surface area contributed by atoms with Gasteiger partial charge >= 0.3 is 0 Å². The molecule has 2 aromatic carbocycles. The highest BCUT2D eigenvalue weighted by molar-refractivity contribution is 5.55. The molecule has 2 aromatic rings. The third-order valence-electron chi connectivity index (χ3n) is 3.07. The monoisotopic (exact) mass is 272 g/mol. The Morgan fingerprint density at radius 3 is 2.70 bits per heavy atom. The fourth-order valence-corrected chi connectivity index (χ4v) is 2.01. The van der Waals surface area contributed by atoms with E-state index in [1.54, 1.807) is 30.3 Å². The summed E-state index contributed by atoms with van der Waals surface area (Å²) >= 11 is 0. The number of nitro benzene ring substituents is 1. The molecule has 104 valence electrons. The zero-order chi connectivity index (χ0) is 14.5. The lowest BCUT2D eigenvalue weighted by Gasteiger charge is -2.08. The molecule has 0 aliphatic carbocycles. The number of phenolic OH excluding ortho intramolecular Hbond substituents is 1. The number of aromatic hydroxyl groups is 1. The van der Waals surface area contributed by atoms with Crippen molar-refractivity contribution >= 4 is 11.4 Å². The molecule has 0 radical (unpaired) electrons. The van der Waals surface area contributed by atoms with Gasteiger partial charge in [-0.2, -0.15) is 0 Å². The van der Waals surface area contributed by atoms with Crippen LogP contribution in [0.2, 0.25) is 0 Å². The van der Waals surface area contributed by atoms with Crippen LogP contribution in [0.1, 0.15) is 18.1 Å². The summed E-state index contributed by atoms with van der Waals surface area (Å²) in [6.45, 7) is 2.39. The lowest BCUT2D eigenvalue weighted by atomic mass is 10.1. The number of nitrogens with zero attached hydrogens (tertiary/aromatic N) is 1. The van der Waals surface area contributed by atoms with Gasteiger partial charge in [0.25, 0.3) is 5.69 Å². The van der Waals surface area contributed by atoms with Gasteiger partial charge < -0.3 is 10.4 Å². The Kier molecular flexibility index (Phi) is 4.20. The fourth-order valence-electron chi connectivity index (χ4n) is 2.01. The third kappa shape index (κ3) is 3.26. The Balaban J connectivity index is 2.14. The van der Waals surface area contributed by atoms with Crippen LogP contribution in [0, 0.1) is 10.1 Å². The molecule has 0 fully saturated rings. The largest absolute Gasteiger partial charge is 0.508 e. The average molecular weight is 272 g/mol. The maximum absolute atomic E-state index is 11.0. The van der Waals surface area contributed by atoms with E-state index in [1.165, 1.54) is 0 Å². The van der Waals surface area contributed by atoms with E-state index in [2.05, 4.69) is 5.32 Å². The van der Waals surface area contributed by atoms with E-state index < -0.39 is 0 Å². The number of nitrogens with one attached hydrogen (secondary N) is 1. The van der Waals surface area contributed by atoms with Crippen LogP contribution >= 0.6 is 0 Å². The fraction of sp³-hybridized carbons (Fsp3) is 0.200. The first kappa shape index (κ1) is 13.9. The number of rotatable bonds is 5. The minimum atomic E-state index is -0.363. The molecule has 0 saturated carbocycles. The van der Waals surface area contributed by atoms with Gasteiger partial charge in [0.2, 0.25) is 0 Å². The first-order valence-electron chi connectivity index (χ1n) is 6.39. The van der Waals surface area contributed by atoms with Gasteiger partial charge in [0, 0.05) is 23.9 Å². The Bertz CT molecular complexity index is 626. The summed E-state index contributed by atoms with van der Waals surface area (Å²) in [6.07, 6.45) is 0.628. The van der Waals surface area contributed by atoms with Crippen molar-refractivity contribution in [2.24, 2.45) is 0 Å². The van der Waals surface area contributed by atoms with Crippen LogP contribution in [0.5, 0.6) is 5.75 Å². The first-order chi connectivity index (χ1) is 9.60. The molecule has 0 amide bonds. The molecule has 2 N–H and O–H groups in total. The van der Waals surface area contributed by atoms with Crippen molar-refractivity contribution in [2.75, 3.05) is 5.32 Å². The van der Waals surface area contributed by atoms with E-state index in [0.717, 1.165) is 11.1 Å². The second-order valence-electron chi connectivity index (χ2n) is 4.48. The van der Waals surface area contributed by atoms with E-state index in [-0.39, 0.29) is 16.4 Å². The van der Waals surface area contributed by atoms with Gasteiger partial charge in [0.05, 0.1) is 4.92 Å². The topological polar surface area (TPSA) is 75.4 Å². The van der Waals surface area contributed by atoms with Gasteiger partial charge in [-0.3, -0.25) is 10.1 Å². The highest BCUT2D eigenvalue weighted by Crippen LogP contribution is 2.24. The molecule has 0 aliphatic heterocycles. The second-order valence-corrected chi connectivity index (χ2v) is 4.48. The van der Waals surface area contributed by atoms with Crippen molar-refractivity contribution in [3.05, 3.63) is 63.7 Å². The molecule has 0 unspecified atom stereocenters. The molecule has 20 heavy (non-hydrogen) atoms. The van der Waals surface area contributed by atoms with E-state index in [0.29, 0.717) is 18.7 Å². The number of phenols is 1. The summed E-state index contributed by atoms with van der Waals surface area (Å²) < 4.78 is 0. The number of benzene rings is 2. The predicted molar refractivity (Wildman–Crippen MR) is 77.9 cm³/mol. The van der Waals surface area contributed by atoms with Crippen molar-refractivity contribution in [2.45, 2.75) is 19.9 Å². The van der Waals surface area contributed by atoms with Crippen LogP contribution < -0.4 is 5.32 Å². The molecule has 0 spiro atoms. The van der Waals surface area contributed by atoms with Crippen molar-refractivity contribution < 1.29 is 10.0 Å². The molecule has 2 rings (SSSR count). The quantitative estimate of drug-likeness (QED) is 0.645. The standard InChI is InChI=1S/C15H16N2O3/c1-2-12-6-7-13(9-15(12)17(19)20)16-10-11-4-3-5-14(18)8-11/h3-9,16,18H,2,10H2,1H3. The van der Waals surface area contributed by atoms with Gasteiger partial charge in [0.15, 0.2) is 0 Å². The first-order valence-corrected chi connectivity index (χ1v) is 6.39. The molecule has 5 nitrogen and oxygen atoms in total. The van der Waals surface area contributed by atoms with E-state index in [4.69, 9.17) is 0 Å². The highest BCUT2D eigenvalue weighted by Gasteiger charge is 2.12. The van der Waals surface area contributed by atoms with E-state index >= 15 is 0 Å². The van der Waals surface area contributed by atoms with Crippen LogP contribution in [-0.4, -0.2) is 10.0 Å². The molecule has 0 aliphatic rings. The van der Waals surface area contributed by atoms with E-state index in [9.17, 15) is 15.2 Å². The van der Waals surface area contributed by atoms with Crippen molar-refractivity contribution in [3.8, 4) is 5.75 Å². The molecular weight excluding hydrogens is 256 g/mol. The Labute approximate surface area is 117 Å². The molecule has 0 bridgehead atoms. The molecule has 0 atom stereocenters. The molecular formula is C15H16N2O3. The van der Waals surface area contributed by atoms with E-state index in [1.807, 2.05) is 19.1 Å². The minimum Gasteiger partial charge on any atom is -0.508 e. The van der Waals surface area contributed by atoms with Gasteiger partial charge in [-0.25, -0.2) is 0 Å². The smallest absolute Gasteiger partial charge is 0.274 e. The summed E-state index contributed by atoms with van der Waals surface area (Å²) in [5.74, 6) is 0.205. The highest BCUT2D eigenvalue weighted by atomic mass is 16.6. The SMILES string of the molecule is CCc1ccc(NCc2cccc(O)c2)cc1[N+](=O)[O-]. The Morgan fingerprint density at radius 1 is 1.25 bits per heavy atom. The number of hydrogen-bond donors (Lipinski definition) is 2. The van der Waals surface area contributed by atoms with Crippen LogP contribution in [0.25, 0.3) is 0 Å². The van der Waals surface area contributed by atoms with Gasteiger partial charge in [0.1, 0.15) is 5.75 Å². The van der Waals surface area contributed by atoms with Gasteiger partial charge in [-0.05, 0) is 30.2 Å². The summed E-state index contributed by atoms with van der Waals surface area (Å²) in [6, 6.07) is 12.0. The van der Waals surface area contributed by atoms with Crippen LogP contribution in [0.3, 0.4) is 0 Å². The summed E-state index contributed by atoms with van der Waals surface area (Å²) in [7, 11) is 0. The van der Waals surface area contributed by atoms with Crippen LogP contribution in [-0.2, 0) is 13.0 Å². The normalized spacial score (nSPS) is 10.2. The third-order valence-corrected chi connectivity index (χ3v) is 3.07. The van der Waals surface area contributed by atoms with Crippen LogP contribution in [0.15, 0.2) is 42.5 Å². The summed E-state index contributed by atoms with van der Waals surface area (Å²) in [5.41, 5.74) is 2.45. The van der Waals surface area contributed by atoms with Gasteiger partial charge in [-0.1, -0.05) is 25.1 Å². The number of hydrogen-bond acceptors (Lipinski definition) is 4. The predicted octanol–water partition coefficient (Wildman–Crippen LogP) is 3.47. The minimum absolute atomic E-state index is 0.133. The maximum atomic E-state index is 11.0. The summed E-state index contributed by atoms with van der Waals surface area (Å²) in [4.78, 5) is 10.6. The molecule has 0 aromatic heterocycles. The molecule has 0 heterocycles. The average Bonchev–Trinajstić information content (AvgIpc) is 2.45. The Hall–Kier alpha value is -2.56. The number of aryl methyl sites for hydroxylation is 1. The number of nitro groups is 1. The maximum Gasteiger partial charge on any atom is 0.274 e. The van der Waals surface area contributed by atoms with Crippen LogP contribution in [0.4, 0.5) is 11.4 Å². The van der Waals surface area contributed by atoms with Crippen molar-refractivity contribution in [1.29, 1.82) is 0 Å². The molecule has 0 saturated heterocycles. The summed E-state index contributed by atoms with van der Waals surface area (Å²) in [5, 5.41) is 23.5. The molecule has 5 heteroatoms. The zero-order valence-corrected chi connectivity index (χ0v) is 11.2. The van der Waals surface area contributed by atoms with Crippen molar-refractivity contribution in [3.63, 3.8) is 0 Å². The van der Waals surface area contributed by atoms with Gasteiger partial charge in [-0.15, -0.1) is 0 Å². The zero-order valence-electron chi connectivity index (χ0n) is 11.2. The van der Waals surface area contributed by atoms with Crippen molar-refractivity contribution in [1.82, 2.24) is 0 Å². The number of anilines is 1.